The van der Waals surface area contributed by atoms with E-state index in [4.69, 9.17) is 0 Å². The molecular weight excluding hydrogens is 208 g/mol. The zero-order valence-corrected chi connectivity index (χ0v) is 11.1. The summed E-state index contributed by atoms with van der Waals surface area (Å²) < 4.78 is 0. The average Bonchev–Trinajstić information content (AvgIpc) is 2.31. The number of nitrogens with zero attached hydrogens (tertiary/aromatic N) is 1. The summed E-state index contributed by atoms with van der Waals surface area (Å²) in [7, 11) is 2.06. The third kappa shape index (κ3) is 3.30. The van der Waals surface area contributed by atoms with Crippen LogP contribution >= 0.6 is 0 Å². The molecule has 0 radical (unpaired) electrons. The van der Waals surface area contributed by atoms with E-state index in [-0.39, 0.29) is 0 Å². The molecule has 2 nitrogen and oxygen atoms in total. The third-order valence-corrected chi connectivity index (χ3v) is 3.63. The first-order chi connectivity index (χ1) is 8.33. The standard InChI is InChI=1S/C15H24N2/c1-3-6-15(16-2)14-8-4-7-13(11-14)12-17-9-5-10-17/h4,7-8,11,15-16H,3,5-6,9-10,12H2,1-2H3. The van der Waals surface area contributed by atoms with Crippen LogP contribution in [0, 0.1) is 0 Å². The minimum atomic E-state index is 0.511. The van der Waals surface area contributed by atoms with Crippen molar-refractivity contribution in [2.75, 3.05) is 20.1 Å². The SMILES string of the molecule is CCCC(NC)c1cccc(CN2CCC2)c1. The number of hydrogen-bond acceptors (Lipinski definition) is 2. The molecular formula is C15H24N2. The molecule has 1 fully saturated rings. The minimum absolute atomic E-state index is 0.511. The summed E-state index contributed by atoms with van der Waals surface area (Å²) in [6.45, 7) is 5.91. The van der Waals surface area contributed by atoms with Crippen LogP contribution in [0.15, 0.2) is 24.3 Å². The molecule has 0 bridgehead atoms. The van der Waals surface area contributed by atoms with Gasteiger partial charge in [-0.15, -0.1) is 0 Å². The molecule has 0 saturated carbocycles. The fourth-order valence-electron chi connectivity index (χ4n) is 2.47. The van der Waals surface area contributed by atoms with Crippen LogP contribution in [-0.4, -0.2) is 25.0 Å². The smallest absolute Gasteiger partial charge is 0.0317 e. The van der Waals surface area contributed by atoms with Crippen molar-refractivity contribution in [1.29, 1.82) is 0 Å². The number of nitrogens with one attached hydrogen (secondary N) is 1. The maximum atomic E-state index is 3.41. The normalized spacial score (nSPS) is 17.8. The van der Waals surface area contributed by atoms with Crippen molar-refractivity contribution >= 4 is 0 Å². The van der Waals surface area contributed by atoms with Crippen LogP contribution in [0.3, 0.4) is 0 Å². The Bertz CT molecular complexity index is 345. The van der Waals surface area contributed by atoms with Crippen molar-refractivity contribution in [3.8, 4) is 0 Å². The zero-order valence-electron chi connectivity index (χ0n) is 11.1. The van der Waals surface area contributed by atoms with Crippen molar-refractivity contribution in [2.24, 2.45) is 0 Å². The number of rotatable bonds is 6. The Labute approximate surface area is 105 Å². The molecule has 94 valence electrons. The van der Waals surface area contributed by atoms with Gasteiger partial charge in [-0.05, 0) is 44.1 Å². The van der Waals surface area contributed by atoms with E-state index in [0.717, 1.165) is 6.54 Å². The molecule has 1 unspecified atom stereocenters. The first kappa shape index (κ1) is 12.6. The molecule has 0 spiro atoms. The molecule has 1 aromatic carbocycles. The Morgan fingerprint density at radius 2 is 2.18 bits per heavy atom. The van der Waals surface area contributed by atoms with Gasteiger partial charge in [-0.25, -0.2) is 0 Å². The van der Waals surface area contributed by atoms with Crippen molar-refractivity contribution < 1.29 is 0 Å². The highest BCUT2D eigenvalue weighted by Gasteiger charge is 2.14. The fourth-order valence-corrected chi connectivity index (χ4v) is 2.47. The molecule has 1 heterocycles. The monoisotopic (exact) mass is 232 g/mol. The van der Waals surface area contributed by atoms with E-state index in [1.165, 1.54) is 43.5 Å². The van der Waals surface area contributed by atoms with Crippen LogP contribution in [0.5, 0.6) is 0 Å². The molecule has 1 atom stereocenters. The molecule has 1 aliphatic rings. The molecule has 2 heteroatoms. The van der Waals surface area contributed by atoms with Gasteiger partial charge in [-0.1, -0.05) is 37.6 Å². The quantitative estimate of drug-likeness (QED) is 0.811. The summed E-state index contributed by atoms with van der Waals surface area (Å²) in [5, 5.41) is 3.41. The Morgan fingerprint density at radius 3 is 2.76 bits per heavy atom. The van der Waals surface area contributed by atoms with Gasteiger partial charge in [-0.3, -0.25) is 4.90 Å². The van der Waals surface area contributed by atoms with Crippen molar-refractivity contribution in [2.45, 2.75) is 38.8 Å². The second-order valence-corrected chi connectivity index (χ2v) is 5.00. The molecule has 1 aliphatic heterocycles. The highest BCUT2D eigenvalue weighted by molar-refractivity contribution is 5.26. The Balaban J connectivity index is 2.03. The largest absolute Gasteiger partial charge is 0.313 e. The summed E-state index contributed by atoms with van der Waals surface area (Å²) >= 11 is 0. The molecule has 1 saturated heterocycles. The minimum Gasteiger partial charge on any atom is -0.313 e. The number of likely N-dealkylation sites (tertiary alicyclic amines) is 1. The lowest BCUT2D eigenvalue weighted by molar-refractivity contribution is 0.172. The van der Waals surface area contributed by atoms with Crippen LogP contribution in [0.25, 0.3) is 0 Å². The van der Waals surface area contributed by atoms with Gasteiger partial charge in [0.05, 0.1) is 0 Å². The summed E-state index contributed by atoms with van der Waals surface area (Å²) in [6.07, 6.45) is 3.81. The first-order valence-corrected chi connectivity index (χ1v) is 6.82. The molecule has 1 aromatic rings. The highest BCUT2D eigenvalue weighted by atomic mass is 15.2. The van der Waals surface area contributed by atoms with Crippen LogP contribution in [0.2, 0.25) is 0 Å². The summed E-state index contributed by atoms with van der Waals surface area (Å²) in [5.74, 6) is 0. The van der Waals surface area contributed by atoms with Crippen LogP contribution in [-0.2, 0) is 6.54 Å². The number of hydrogen-bond donors (Lipinski definition) is 1. The van der Waals surface area contributed by atoms with Crippen molar-refractivity contribution in [3.05, 3.63) is 35.4 Å². The molecule has 2 rings (SSSR count). The topological polar surface area (TPSA) is 15.3 Å². The van der Waals surface area contributed by atoms with E-state index >= 15 is 0 Å². The predicted molar refractivity (Wildman–Crippen MR) is 73.0 cm³/mol. The summed E-state index contributed by atoms with van der Waals surface area (Å²) in [4.78, 5) is 2.51. The Kier molecular flexibility index (Phi) is 4.57. The summed E-state index contributed by atoms with van der Waals surface area (Å²) in [6, 6.07) is 9.58. The molecule has 17 heavy (non-hydrogen) atoms. The Morgan fingerprint density at radius 1 is 1.35 bits per heavy atom. The predicted octanol–water partition coefficient (Wildman–Crippen LogP) is 2.95. The number of benzene rings is 1. The second-order valence-electron chi connectivity index (χ2n) is 5.00. The van der Waals surface area contributed by atoms with Crippen molar-refractivity contribution in [3.63, 3.8) is 0 Å². The van der Waals surface area contributed by atoms with Gasteiger partial charge in [0, 0.05) is 12.6 Å². The van der Waals surface area contributed by atoms with E-state index < -0.39 is 0 Å². The lowest BCUT2D eigenvalue weighted by Gasteiger charge is -2.31. The van der Waals surface area contributed by atoms with E-state index in [2.05, 4.69) is 48.5 Å². The van der Waals surface area contributed by atoms with Gasteiger partial charge < -0.3 is 5.32 Å². The molecule has 1 N–H and O–H groups in total. The van der Waals surface area contributed by atoms with Crippen LogP contribution < -0.4 is 5.32 Å². The van der Waals surface area contributed by atoms with Gasteiger partial charge >= 0.3 is 0 Å². The molecule has 0 amide bonds. The van der Waals surface area contributed by atoms with Crippen LogP contribution in [0.1, 0.15) is 43.4 Å². The molecule has 0 aromatic heterocycles. The van der Waals surface area contributed by atoms with Crippen molar-refractivity contribution in [1.82, 2.24) is 10.2 Å². The van der Waals surface area contributed by atoms with Gasteiger partial charge in [0.1, 0.15) is 0 Å². The second kappa shape index (κ2) is 6.18. The van der Waals surface area contributed by atoms with Crippen LogP contribution in [0.4, 0.5) is 0 Å². The molecule has 0 aliphatic carbocycles. The Hall–Kier alpha value is -0.860. The van der Waals surface area contributed by atoms with E-state index in [0.29, 0.717) is 6.04 Å². The first-order valence-electron chi connectivity index (χ1n) is 6.82. The van der Waals surface area contributed by atoms with E-state index in [1.54, 1.807) is 0 Å². The van der Waals surface area contributed by atoms with E-state index in [9.17, 15) is 0 Å². The van der Waals surface area contributed by atoms with Gasteiger partial charge in [0.15, 0.2) is 0 Å². The fraction of sp³-hybridized carbons (Fsp3) is 0.600. The lowest BCUT2D eigenvalue weighted by atomic mass is 10.00. The maximum Gasteiger partial charge on any atom is 0.0317 e. The van der Waals surface area contributed by atoms with Gasteiger partial charge in [0.2, 0.25) is 0 Å². The van der Waals surface area contributed by atoms with Gasteiger partial charge in [-0.2, -0.15) is 0 Å². The highest BCUT2D eigenvalue weighted by Crippen LogP contribution is 2.20. The van der Waals surface area contributed by atoms with Gasteiger partial charge in [0.25, 0.3) is 0 Å². The maximum absolute atomic E-state index is 3.41. The average molecular weight is 232 g/mol. The lowest BCUT2D eigenvalue weighted by Crippen LogP contribution is -2.36. The van der Waals surface area contributed by atoms with E-state index in [1.807, 2.05) is 0 Å². The zero-order chi connectivity index (χ0) is 12.1. The third-order valence-electron chi connectivity index (χ3n) is 3.63. The summed E-state index contributed by atoms with van der Waals surface area (Å²) in [5.41, 5.74) is 2.89.